The first kappa shape index (κ1) is 19.1. The van der Waals surface area contributed by atoms with E-state index < -0.39 is 5.79 Å². The fourth-order valence-corrected chi connectivity index (χ4v) is 4.34. The number of rotatable bonds is 3. The third kappa shape index (κ3) is 3.34. The second kappa shape index (κ2) is 7.41. The number of amides is 1. The number of carbonyl (C=O) groups is 1. The molecule has 0 unspecified atom stereocenters. The zero-order valence-electron chi connectivity index (χ0n) is 17.4. The van der Waals surface area contributed by atoms with E-state index in [0.29, 0.717) is 44.8 Å². The maximum absolute atomic E-state index is 13.5. The lowest BCUT2D eigenvalue weighted by Gasteiger charge is -2.37. The van der Waals surface area contributed by atoms with E-state index in [9.17, 15) is 4.79 Å². The van der Waals surface area contributed by atoms with Crippen molar-refractivity contribution < 1.29 is 14.3 Å². The van der Waals surface area contributed by atoms with Crippen molar-refractivity contribution in [3.05, 3.63) is 59.9 Å². The predicted molar refractivity (Wildman–Crippen MR) is 112 cm³/mol. The van der Waals surface area contributed by atoms with Crippen molar-refractivity contribution in [3.8, 4) is 17.1 Å². The molecule has 2 fully saturated rings. The number of aromatic nitrogens is 3. The highest BCUT2D eigenvalue weighted by molar-refractivity contribution is 5.94. The van der Waals surface area contributed by atoms with Crippen molar-refractivity contribution >= 4 is 5.91 Å². The molecule has 2 aromatic heterocycles. The van der Waals surface area contributed by atoms with Crippen LogP contribution >= 0.6 is 0 Å². The molecule has 0 bridgehead atoms. The second-order valence-electron chi connectivity index (χ2n) is 8.07. The molecule has 1 spiro atoms. The van der Waals surface area contributed by atoms with Gasteiger partial charge in [0.2, 0.25) is 0 Å². The summed E-state index contributed by atoms with van der Waals surface area (Å²) in [6, 6.07) is 13.9. The molecule has 1 amide bonds. The zero-order chi connectivity index (χ0) is 20.7. The maximum Gasteiger partial charge on any atom is 0.272 e. The van der Waals surface area contributed by atoms with E-state index in [4.69, 9.17) is 14.6 Å². The van der Waals surface area contributed by atoms with Crippen LogP contribution in [0.1, 0.15) is 28.9 Å². The normalized spacial score (nSPS) is 18.3. The van der Waals surface area contributed by atoms with E-state index in [1.807, 2.05) is 72.1 Å². The third-order valence-corrected chi connectivity index (χ3v) is 6.01. The van der Waals surface area contributed by atoms with Gasteiger partial charge in [0, 0.05) is 39.2 Å². The lowest BCUT2D eigenvalue weighted by atomic mass is 10.0. The minimum Gasteiger partial charge on any atom is -0.349 e. The number of benzene rings is 1. The molecule has 7 heteroatoms. The molecule has 0 aliphatic carbocycles. The van der Waals surface area contributed by atoms with E-state index in [-0.39, 0.29) is 5.91 Å². The van der Waals surface area contributed by atoms with E-state index in [1.165, 1.54) is 0 Å². The summed E-state index contributed by atoms with van der Waals surface area (Å²) < 4.78 is 15.4. The molecular weight excluding hydrogens is 380 g/mol. The number of nitrogens with zero attached hydrogens (tertiary/aromatic N) is 4. The molecule has 4 heterocycles. The number of likely N-dealkylation sites (tertiary alicyclic amines) is 1. The summed E-state index contributed by atoms with van der Waals surface area (Å²) in [5.41, 5.74) is 4.33. The fourth-order valence-electron chi connectivity index (χ4n) is 4.34. The Balaban J connectivity index is 1.49. The monoisotopic (exact) mass is 406 g/mol. The summed E-state index contributed by atoms with van der Waals surface area (Å²) in [7, 11) is 1.98. The maximum atomic E-state index is 13.5. The Bertz CT molecular complexity index is 1070. The smallest absolute Gasteiger partial charge is 0.272 e. The zero-order valence-corrected chi connectivity index (χ0v) is 17.4. The highest BCUT2D eigenvalue weighted by Crippen LogP contribution is 2.32. The van der Waals surface area contributed by atoms with Crippen molar-refractivity contribution in [3.63, 3.8) is 0 Å². The summed E-state index contributed by atoms with van der Waals surface area (Å²) >= 11 is 0. The lowest BCUT2D eigenvalue weighted by Crippen LogP contribution is -2.47. The fraction of sp³-hybridized carbons (Fsp3) is 0.391. The average Bonchev–Trinajstić information content (AvgIpc) is 3.48. The Hall–Kier alpha value is -2.90. The second-order valence-corrected chi connectivity index (χ2v) is 8.07. The van der Waals surface area contributed by atoms with Gasteiger partial charge in [-0.2, -0.15) is 5.10 Å². The van der Waals surface area contributed by atoms with Gasteiger partial charge in [0.05, 0.1) is 24.6 Å². The molecule has 1 aromatic carbocycles. The van der Waals surface area contributed by atoms with Crippen LogP contribution in [0, 0.1) is 6.92 Å². The molecule has 3 aromatic rings. The average molecular weight is 406 g/mol. The highest BCUT2D eigenvalue weighted by Gasteiger charge is 2.41. The summed E-state index contributed by atoms with van der Waals surface area (Å²) in [6.07, 6.45) is 3.37. The van der Waals surface area contributed by atoms with Crippen molar-refractivity contribution in [1.29, 1.82) is 0 Å². The Morgan fingerprint density at radius 1 is 1.07 bits per heavy atom. The van der Waals surface area contributed by atoms with Crippen molar-refractivity contribution in [1.82, 2.24) is 19.2 Å². The third-order valence-electron chi connectivity index (χ3n) is 6.01. The van der Waals surface area contributed by atoms with E-state index >= 15 is 0 Å². The number of piperidine rings is 1. The summed E-state index contributed by atoms with van der Waals surface area (Å²) in [4.78, 5) is 15.4. The van der Waals surface area contributed by atoms with Crippen LogP contribution in [0.2, 0.25) is 0 Å². The molecule has 0 N–H and O–H groups in total. The quantitative estimate of drug-likeness (QED) is 0.670. The van der Waals surface area contributed by atoms with Gasteiger partial charge in [-0.25, -0.2) is 4.68 Å². The molecule has 0 atom stereocenters. The minimum atomic E-state index is -0.498. The summed E-state index contributed by atoms with van der Waals surface area (Å²) in [5, 5.41) is 4.81. The van der Waals surface area contributed by atoms with Crippen LogP contribution in [0.4, 0.5) is 0 Å². The SMILES string of the molecule is Cc1cccc(-n2nc(-c3cccn3C)cc2C(=O)N2CCC3(CC2)OCCO3)c1. The van der Waals surface area contributed by atoms with Crippen molar-refractivity contribution in [2.24, 2.45) is 7.05 Å². The van der Waals surface area contributed by atoms with Crippen LogP contribution in [0.5, 0.6) is 0 Å². The van der Waals surface area contributed by atoms with Gasteiger partial charge in [0.1, 0.15) is 11.4 Å². The molecule has 2 saturated heterocycles. The van der Waals surface area contributed by atoms with Crippen molar-refractivity contribution in [2.45, 2.75) is 25.6 Å². The van der Waals surface area contributed by atoms with Crippen LogP contribution in [0.3, 0.4) is 0 Å². The number of hydrogen-bond acceptors (Lipinski definition) is 4. The van der Waals surface area contributed by atoms with Gasteiger partial charge in [-0.15, -0.1) is 0 Å². The minimum absolute atomic E-state index is 0.0164. The standard InChI is InChI=1S/C23H26N4O3/c1-17-5-3-6-18(15-17)27-21(16-19(24-27)20-7-4-10-25(20)2)22(28)26-11-8-23(9-12-26)29-13-14-30-23/h3-7,10,15-16H,8-9,11-14H2,1-2H3. The largest absolute Gasteiger partial charge is 0.349 e. The van der Waals surface area contributed by atoms with Gasteiger partial charge in [0.25, 0.3) is 5.91 Å². The first-order valence-electron chi connectivity index (χ1n) is 10.4. The number of carbonyl (C=O) groups excluding carboxylic acids is 1. The number of aryl methyl sites for hydroxylation is 2. The van der Waals surface area contributed by atoms with Gasteiger partial charge in [0.15, 0.2) is 5.79 Å². The lowest BCUT2D eigenvalue weighted by molar-refractivity contribution is -0.181. The Morgan fingerprint density at radius 3 is 2.50 bits per heavy atom. The van der Waals surface area contributed by atoms with E-state index in [2.05, 4.69) is 0 Å². The van der Waals surface area contributed by atoms with Crippen LogP contribution in [-0.2, 0) is 16.5 Å². The van der Waals surface area contributed by atoms with Crippen LogP contribution in [-0.4, -0.2) is 57.2 Å². The van der Waals surface area contributed by atoms with Crippen LogP contribution < -0.4 is 0 Å². The molecule has 30 heavy (non-hydrogen) atoms. The molecular formula is C23H26N4O3. The predicted octanol–water partition coefficient (Wildman–Crippen LogP) is 3.17. The topological polar surface area (TPSA) is 61.5 Å². The van der Waals surface area contributed by atoms with Gasteiger partial charge in [-0.05, 0) is 42.8 Å². The number of ether oxygens (including phenoxy) is 2. The summed E-state index contributed by atoms with van der Waals surface area (Å²) in [6.45, 7) is 4.52. The summed E-state index contributed by atoms with van der Waals surface area (Å²) in [5.74, 6) is -0.515. The first-order valence-corrected chi connectivity index (χ1v) is 10.4. The number of hydrogen-bond donors (Lipinski definition) is 0. The Morgan fingerprint density at radius 2 is 1.83 bits per heavy atom. The molecule has 2 aliphatic rings. The first-order chi connectivity index (χ1) is 14.5. The molecule has 7 nitrogen and oxygen atoms in total. The van der Waals surface area contributed by atoms with Crippen LogP contribution in [0.15, 0.2) is 48.7 Å². The highest BCUT2D eigenvalue weighted by atomic mass is 16.7. The molecule has 2 aliphatic heterocycles. The van der Waals surface area contributed by atoms with Crippen LogP contribution in [0.25, 0.3) is 17.1 Å². The molecule has 0 radical (unpaired) electrons. The van der Waals surface area contributed by atoms with Gasteiger partial charge >= 0.3 is 0 Å². The van der Waals surface area contributed by atoms with Gasteiger partial charge in [-0.1, -0.05) is 12.1 Å². The van der Waals surface area contributed by atoms with Crippen molar-refractivity contribution in [2.75, 3.05) is 26.3 Å². The Kier molecular flexibility index (Phi) is 4.72. The molecule has 0 saturated carbocycles. The van der Waals surface area contributed by atoms with E-state index in [0.717, 1.165) is 22.6 Å². The van der Waals surface area contributed by atoms with E-state index in [1.54, 1.807) is 4.68 Å². The van der Waals surface area contributed by atoms with Gasteiger partial charge in [-0.3, -0.25) is 4.79 Å². The van der Waals surface area contributed by atoms with Gasteiger partial charge < -0.3 is 18.9 Å². The molecule has 5 rings (SSSR count). The Labute approximate surface area is 175 Å². The molecule has 156 valence electrons.